The highest BCUT2D eigenvalue weighted by molar-refractivity contribution is 5.91. The molecule has 0 radical (unpaired) electrons. The molecular weight excluding hydrogens is 388 g/mol. The molecule has 2 heteroatoms. The van der Waals surface area contributed by atoms with Crippen LogP contribution in [0.5, 0.6) is 0 Å². The lowest BCUT2D eigenvalue weighted by Gasteiger charge is -2.55. The van der Waals surface area contributed by atoms with Gasteiger partial charge in [-0.3, -0.25) is 4.90 Å². The van der Waals surface area contributed by atoms with Crippen LogP contribution in [0.2, 0.25) is 0 Å². The van der Waals surface area contributed by atoms with E-state index in [0.717, 1.165) is 49.0 Å². The molecule has 0 saturated heterocycles. The maximum absolute atomic E-state index is 2.85. The molecule has 4 bridgehead atoms. The quantitative estimate of drug-likeness (QED) is 0.480. The van der Waals surface area contributed by atoms with Gasteiger partial charge < -0.3 is 4.57 Å². The SMILES string of the molecule is c1ccc2c(c1)CCc1cccc3c4c(n-2c13)CCN(CC1C2CC3CC(C2)CC1C3)C4. The smallest absolute Gasteiger partial charge is 0.0567 e. The molecule has 0 atom stereocenters. The van der Waals surface area contributed by atoms with Crippen molar-refractivity contribution >= 4 is 10.9 Å². The molecule has 9 rings (SSSR count). The van der Waals surface area contributed by atoms with E-state index in [-0.39, 0.29) is 0 Å². The summed E-state index contributed by atoms with van der Waals surface area (Å²) in [5.41, 5.74) is 9.24. The van der Waals surface area contributed by atoms with Crippen LogP contribution in [0.1, 0.15) is 54.5 Å². The number of aryl methyl sites for hydroxylation is 2. The molecule has 6 aliphatic rings. The molecule has 164 valence electrons. The molecule has 3 aromatic rings. The number of aromatic nitrogens is 1. The molecule has 3 heterocycles. The van der Waals surface area contributed by atoms with Crippen LogP contribution in [0.3, 0.4) is 0 Å². The second-order valence-electron chi connectivity index (χ2n) is 11.8. The van der Waals surface area contributed by atoms with Crippen molar-refractivity contribution < 1.29 is 0 Å². The molecule has 4 aliphatic carbocycles. The molecule has 0 spiro atoms. The zero-order chi connectivity index (χ0) is 20.8. The molecule has 2 aromatic carbocycles. The van der Waals surface area contributed by atoms with E-state index in [9.17, 15) is 0 Å². The minimum Gasteiger partial charge on any atom is -0.313 e. The molecule has 0 N–H and O–H groups in total. The van der Waals surface area contributed by atoms with Crippen molar-refractivity contribution in [2.75, 3.05) is 13.1 Å². The van der Waals surface area contributed by atoms with Crippen LogP contribution in [-0.4, -0.2) is 22.6 Å². The molecule has 2 aliphatic heterocycles. The molecule has 32 heavy (non-hydrogen) atoms. The normalized spacial score (nSPS) is 32.7. The van der Waals surface area contributed by atoms with Crippen LogP contribution in [0.15, 0.2) is 42.5 Å². The number of rotatable bonds is 2. The largest absolute Gasteiger partial charge is 0.313 e. The lowest BCUT2D eigenvalue weighted by Crippen LogP contribution is -2.49. The third-order valence-corrected chi connectivity index (χ3v) is 10.1. The first-order valence-corrected chi connectivity index (χ1v) is 13.3. The van der Waals surface area contributed by atoms with Crippen molar-refractivity contribution in [3.63, 3.8) is 0 Å². The maximum Gasteiger partial charge on any atom is 0.0567 e. The zero-order valence-corrected chi connectivity index (χ0v) is 19.1. The molecular formula is C30H34N2. The van der Waals surface area contributed by atoms with E-state index in [1.54, 1.807) is 48.9 Å². The second kappa shape index (κ2) is 6.73. The third-order valence-electron chi connectivity index (χ3n) is 10.1. The summed E-state index contributed by atoms with van der Waals surface area (Å²) in [5, 5.41) is 1.53. The Labute approximate surface area is 191 Å². The van der Waals surface area contributed by atoms with E-state index >= 15 is 0 Å². The van der Waals surface area contributed by atoms with E-state index in [1.807, 2.05) is 0 Å². The third kappa shape index (κ3) is 2.56. The summed E-state index contributed by atoms with van der Waals surface area (Å²) in [4.78, 5) is 2.85. The molecule has 1 aromatic heterocycles. The van der Waals surface area contributed by atoms with Gasteiger partial charge in [0.25, 0.3) is 0 Å². The van der Waals surface area contributed by atoms with Gasteiger partial charge in [-0.05, 0) is 97.3 Å². The number of hydrogen-bond donors (Lipinski definition) is 0. The highest BCUT2D eigenvalue weighted by Crippen LogP contribution is 2.56. The Morgan fingerprint density at radius 2 is 1.50 bits per heavy atom. The van der Waals surface area contributed by atoms with Crippen LogP contribution in [0.4, 0.5) is 0 Å². The average Bonchev–Trinajstić information content (AvgIpc) is 3.03. The van der Waals surface area contributed by atoms with Gasteiger partial charge in [0.05, 0.1) is 5.52 Å². The number of para-hydroxylation sites is 2. The van der Waals surface area contributed by atoms with Gasteiger partial charge in [0, 0.05) is 42.8 Å². The molecule has 4 saturated carbocycles. The fourth-order valence-corrected chi connectivity index (χ4v) is 9.00. The summed E-state index contributed by atoms with van der Waals surface area (Å²) < 4.78 is 2.67. The Bertz CT molecular complexity index is 1190. The second-order valence-corrected chi connectivity index (χ2v) is 11.8. The van der Waals surface area contributed by atoms with Gasteiger partial charge in [-0.15, -0.1) is 0 Å². The lowest BCUT2D eigenvalue weighted by atomic mass is 9.52. The van der Waals surface area contributed by atoms with Crippen LogP contribution < -0.4 is 0 Å². The van der Waals surface area contributed by atoms with E-state index in [4.69, 9.17) is 0 Å². The van der Waals surface area contributed by atoms with Crippen molar-refractivity contribution in [3.05, 3.63) is 64.8 Å². The van der Waals surface area contributed by atoms with Crippen molar-refractivity contribution in [2.24, 2.45) is 29.6 Å². The maximum atomic E-state index is 2.85. The van der Waals surface area contributed by atoms with E-state index in [1.165, 1.54) is 41.7 Å². The van der Waals surface area contributed by atoms with E-state index < -0.39 is 0 Å². The monoisotopic (exact) mass is 422 g/mol. The first-order valence-electron chi connectivity index (χ1n) is 13.3. The van der Waals surface area contributed by atoms with Crippen LogP contribution in [0.25, 0.3) is 16.6 Å². The van der Waals surface area contributed by atoms with E-state index in [2.05, 4.69) is 51.9 Å². The summed E-state index contributed by atoms with van der Waals surface area (Å²) in [5.74, 6) is 5.23. The van der Waals surface area contributed by atoms with Crippen LogP contribution >= 0.6 is 0 Å². The Hall–Kier alpha value is -2.06. The van der Waals surface area contributed by atoms with Gasteiger partial charge in [0.1, 0.15) is 0 Å². The van der Waals surface area contributed by atoms with Gasteiger partial charge in [-0.25, -0.2) is 0 Å². The summed E-state index contributed by atoms with van der Waals surface area (Å²) >= 11 is 0. The first-order chi connectivity index (χ1) is 15.8. The van der Waals surface area contributed by atoms with Crippen molar-refractivity contribution in [1.82, 2.24) is 9.47 Å². The van der Waals surface area contributed by atoms with Crippen molar-refractivity contribution in [3.8, 4) is 5.69 Å². The fraction of sp³-hybridized carbons (Fsp3) is 0.533. The first kappa shape index (κ1) is 18.4. The van der Waals surface area contributed by atoms with Gasteiger partial charge in [0.15, 0.2) is 0 Å². The van der Waals surface area contributed by atoms with Gasteiger partial charge in [-0.1, -0.05) is 36.4 Å². The number of hydrogen-bond acceptors (Lipinski definition) is 1. The summed E-state index contributed by atoms with van der Waals surface area (Å²) in [6.07, 6.45) is 11.3. The standard InChI is InChI=1S/C30H34N2/c1-2-7-28-21(4-1)8-9-22-5-3-6-25-27-18-31(11-10-29(27)32(28)30(22)25)17-26-23-13-19-12-20(15-23)16-24(26)14-19/h1-7,19-20,23-24,26H,8-18H2. The van der Waals surface area contributed by atoms with Crippen molar-refractivity contribution in [1.29, 1.82) is 0 Å². The molecule has 4 fully saturated rings. The Morgan fingerprint density at radius 1 is 0.750 bits per heavy atom. The van der Waals surface area contributed by atoms with E-state index in [0.29, 0.717) is 0 Å². The Balaban J connectivity index is 1.17. The minimum absolute atomic E-state index is 0.980. The minimum atomic E-state index is 0.980. The van der Waals surface area contributed by atoms with Gasteiger partial charge in [-0.2, -0.15) is 0 Å². The van der Waals surface area contributed by atoms with Crippen LogP contribution in [0, 0.1) is 29.6 Å². The molecule has 0 amide bonds. The predicted molar refractivity (Wildman–Crippen MR) is 130 cm³/mol. The van der Waals surface area contributed by atoms with Gasteiger partial charge in [0.2, 0.25) is 0 Å². The predicted octanol–water partition coefficient (Wildman–Crippen LogP) is 6.16. The zero-order valence-electron chi connectivity index (χ0n) is 19.1. The number of nitrogens with zero attached hydrogens (tertiary/aromatic N) is 2. The topological polar surface area (TPSA) is 8.17 Å². The summed E-state index contributed by atoms with van der Waals surface area (Å²) in [7, 11) is 0. The lowest BCUT2D eigenvalue weighted by molar-refractivity contribution is -0.0504. The summed E-state index contributed by atoms with van der Waals surface area (Å²) in [6.45, 7) is 3.76. The van der Waals surface area contributed by atoms with Crippen molar-refractivity contribution in [2.45, 2.75) is 57.9 Å². The Morgan fingerprint density at radius 3 is 2.34 bits per heavy atom. The summed E-state index contributed by atoms with van der Waals surface area (Å²) in [6, 6.07) is 16.3. The highest BCUT2D eigenvalue weighted by Gasteiger charge is 2.48. The van der Waals surface area contributed by atoms with Gasteiger partial charge >= 0.3 is 0 Å². The molecule has 2 nitrogen and oxygen atoms in total. The fourth-order valence-electron chi connectivity index (χ4n) is 9.00. The highest BCUT2D eigenvalue weighted by atomic mass is 15.1. The van der Waals surface area contributed by atoms with Crippen LogP contribution in [-0.2, 0) is 25.8 Å². The molecule has 0 unspecified atom stereocenters. The number of fused-ring (bicyclic) bond motifs is 5. The number of benzene rings is 2. The average molecular weight is 423 g/mol. The Kier molecular flexibility index (Phi) is 3.86.